The van der Waals surface area contributed by atoms with E-state index in [1.807, 2.05) is 0 Å². The summed E-state index contributed by atoms with van der Waals surface area (Å²) in [5.41, 5.74) is 5.42. The Labute approximate surface area is 146 Å². The third kappa shape index (κ3) is 3.48. The molecule has 0 spiro atoms. The Morgan fingerprint density at radius 1 is 1.00 bits per heavy atom. The van der Waals surface area contributed by atoms with Gasteiger partial charge in [-0.25, -0.2) is 4.39 Å². The maximum absolute atomic E-state index is 13.0. The number of nitrogens with one attached hydrogen (secondary N) is 1. The summed E-state index contributed by atoms with van der Waals surface area (Å²) in [6.07, 6.45) is 0. The summed E-state index contributed by atoms with van der Waals surface area (Å²) >= 11 is 0. The first-order valence-corrected chi connectivity index (χ1v) is 7.52. The first kappa shape index (κ1) is 17.0. The number of nitrogens with two attached hydrogens (primary N) is 1. The molecular weight excluding hydrogens is 339 g/mol. The normalized spacial score (nSPS) is 10.3. The highest BCUT2D eigenvalue weighted by Crippen LogP contribution is 2.15. The van der Waals surface area contributed by atoms with Crippen LogP contribution in [0.25, 0.3) is 5.69 Å². The second-order valence-electron chi connectivity index (χ2n) is 5.31. The van der Waals surface area contributed by atoms with Crippen molar-refractivity contribution in [3.8, 4) is 5.69 Å². The van der Waals surface area contributed by atoms with Crippen molar-refractivity contribution in [1.29, 1.82) is 0 Å². The number of anilines is 1. The minimum atomic E-state index is -0.690. The van der Waals surface area contributed by atoms with Crippen LogP contribution < -0.4 is 16.6 Å². The molecule has 7 nitrogen and oxygen atoms in total. The highest BCUT2D eigenvalue weighted by Gasteiger charge is 2.14. The first-order chi connectivity index (χ1) is 12.5. The van der Waals surface area contributed by atoms with Crippen LogP contribution in [-0.4, -0.2) is 21.6 Å². The average Bonchev–Trinajstić information content (AvgIpc) is 2.63. The third-order valence-corrected chi connectivity index (χ3v) is 3.54. The molecule has 8 heteroatoms. The van der Waals surface area contributed by atoms with E-state index in [0.29, 0.717) is 5.69 Å². The number of halogens is 1. The van der Waals surface area contributed by atoms with Crippen LogP contribution in [0.5, 0.6) is 0 Å². The number of rotatable bonds is 4. The number of hydrogen-bond acceptors (Lipinski definition) is 4. The number of nitrogens with zero attached hydrogens (tertiary/aromatic N) is 2. The minimum absolute atomic E-state index is 0.0619. The molecule has 0 aliphatic heterocycles. The molecule has 1 heterocycles. The highest BCUT2D eigenvalue weighted by molar-refractivity contribution is 6.07. The molecule has 2 aromatic carbocycles. The van der Waals surface area contributed by atoms with Crippen molar-refractivity contribution >= 4 is 17.5 Å². The summed E-state index contributed by atoms with van der Waals surface area (Å²) < 4.78 is 14.0. The molecule has 3 N–H and O–H groups in total. The second kappa shape index (κ2) is 6.98. The Morgan fingerprint density at radius 3 is 2.38 bits per heavy atom. The lowest BCUT2D eigenvalue weighted by molar-refractivity contribution is 0.100. The number of aromatic nitrogens is 2. The van der Waals surface area contributed by atoms with Gasteiger partial charge in [0.15, 0.2) is 0 Å². The van der Waals surface area contributed by atoms with E-state index >= 15 is 0 Å². The SMILES string of the molecule is NC(=O)c1ccccc1NC(=O)c1ccc(=O)n(-c2ccc(F)cc2)n1. The fourth-order valence-electron chi connectivity index (χ4n) is 2.29. The van der Waals surface area contributed by atoms with Crippen LogP contribution >= 0.6 is 0 Å². The molecule has 0 bridgehead atoms. The van der Waals surface area contributed by atoms with Crippen molar-refractivity contribution in [3.05, 3.63) is 88.1 Å². The molecule has 130 valence electrons. The fraction of sp³-hybridized carbons (Fsp3) is 0. The van der Waals surface area contributed by atoms with Gasteiger partial charge in [0.1, 0.15) is 11.5 Å². The number of hydrogen-bond donors (Lipinski definition) is 2. The van der Waals surface area contributed by atoms with Crippen molar-refractivity contribution in [1.82, 2.24) is 9.78 Å². The van der Waals surface area contributed by atoms with Gasteiger partial charge in [-0.2, -0.15) is 9.78 Å². The van der Waals surface area contributed by atoms with Gasteiger partial charge in [0, 0.05) is 6.07 Å². The summed E-state index contributed by atoms with van der Waals surface area (Å²) in [4.78, 5) is 35.9. The second-order valence-corrected chi connectivity index (χ2v) is 5.31. The van der Waals surface area contributed by atoms with E-state index in [1.54, 1.807) is 12.1 Å². The summed E-state index contributed by atoms with van der Waals surface area (Å²) in [5.74, 6) is -1.78. The topological polar surface area (TPSA) is 107 Å². The molecule has 1 aromatic heterocycles. The Kier molecular flexibility index (Phi) is 4.57. The Balaban J connectivity index is 1.94. The third-order valence-electron chi connectivity index (χ3n) is 3.54. The van der Waals surface area contributed by atoms with E-state index in [-0.39, 0.29) is 16.9 Å². The monoisotopic (exact) mass is 352 g/mol. The molecule has 0 aliphatic carbocycles. The molecular formula is C18H13FN4O3. The number of primary amides is 1. The molecule has 0 atom stereocenters. The smallest absolute Gasteiger partial charge is 0.276 e. The van der Waals surface area contributed by atoms with Crippen molar-refractivity contribution in [2.24, 2.45) is 5.73 Å². The van der Waals surface area contributed by atoms with Gasteiger partial charge >= 0.3 is 0 Å². The average molecular weight is 352 g/mol. The van der Waals surface area contributed by atoms with E-state index in [0.717, 1.165) is 4.68 Å². The number of benzene rings is 2. The molecule has 2 amide bonds. The Hall–Kier alpha value is -3.81. The van der Waals surface area contributed by atoms with Crippen LogP contribution in [0, 0.1) is 5.82 Å². The van der Waals surface area contributed by atoms with Gasteiger partial charge in [-0.05, 0) is 42.5 Å². The lowest BCUT2D eigenvalue weighted by Crippen LogP contribution is -2.25. The number of carbonyl (C=O) groups excluding carboxylic acids is 2. The maximum Gasteiger partial charge on any atom is 0.276 e. The molecule has 3 aromatic rings. The Bertz CT molecular complexity index is 1040. The molecule has 26 heavy (non-hydrogen) atoms. The Morgan fingerprint density at radius 2 is 1.69 bits per heavy atom. The van der Waals surface area contributed by atoms with Crippen LogP contribution in [0.4, 0.5) is 10.1 Å². The molecule has 0 unspecified atom stereocenters. The fourth-order valence-corrected chi connectivity index (χ4v) is 2.29. The molecule has 0 radical (unpaired) electrons. The maximum atomic E-state index is 13.0. The summed E-state index contributed by atoms with van der Waals surface area (Å²) in [5, 5.41) is 6.53. The van der Waals surface area contributed by atoms with Crippen LogP contribution in [-0.2, 0) is 0 Å². The van der Waals surface area contributed by atoms with E-state index in [1.165, 1.54) is 48.5 Å². The van der Waals surface area contributed by atoms with Gasteiger partial charge in [0.05, 0.1) is 16.9 Å². The lowest BCUT2D eigenvalue weighted by Gasteiger charge is -2.10. The van der Waals surface area contributed by atoms with E-state index in [9.17, 15) is 18.8 Å². The first-order valence-electron chi connectivity index (χ1n) is 7.52. The van der Waals surface area contributed by atoms with Gasteiger partial charge in [0.2, 0.25) is 0 Å². The highest BCUT2D eigenvalue weighted by atomic mass is 19.1. The number of amides is 2. The standard InChI is InChI=1S/C18H13FN4O3/c19-11-5-7-12(8-6-11)23-16(24)10-9-15(22-23)18(26)21-14-4-2-1-3-13(14)17(20)25/h1-10H,(H2,20,25)(H,21,26). The molecule has 0 fully saturated rings. The number of para-hydroxylation sites is 1. The largest absolute Gasteiger partial charge is 0.366 e. The van der Waals surface area contributed by atoms with Gasteiger partial charge in [-0.3, -0.25) is 14.4 Å². The lowest BCUT2D eigenvalue weighted by atomic mass is 10.1. The van der Waals surface area contributed by atoms with Crippen LogP contribution in [0.2, 0.25) is 0 Å². The van der Waals surface area contributed by atoms with Crippen molar-refractivity contribution < 1.29 is 14.0 Å². The zero-order valence-corrected chi connectivity index (χ0v) is 13.3. The zero-order chi connectivity index (χ0) is 18.7. The van der Waals surface area contributed by atoms with Gasteiger partial charge in [-0.1, -0.05) is 12.1 Å². The van der Waals surface area contributed by atoms with Crippen molar-refractivity contribution in [2.45, 2.75) is 0 Å². The van der Waals surface area contributed by atoms with E-state index in [4.69, 9.17) is 5.73 Å². The van der Waals surface area contributed by atoms with Gasteiger partial charge in [-0.15, -0.1) is 0 Å². The van der Waals surface area contributed by atoms with Crippen molar-refractivity contribution in [3.63, 3.8) is 0 Å². The molecule has 3 rings (SSSR count). The summed E-state index contributed by atoms with van der Waals surface area (Å²) in [6, 6.07) is 13.8. The summed E-state index contributed by atoms with van der Waals surface area (Å²) in [6.45, 7) is 0. The molecule has 0 saturated heterocycles. The molecule has 0 saturated carbocycles. The quantitative estimate of drug-likeness (QED) is 0.745. The van der Waals surface area contributed by atoms with Crippen LogP contribution in [0.15, 0.2) is 65.5 Å². The minimum Gasteiger partial charge on any atom is -0.366 e. The zero-order valence-electron chi connectivity index (χ0n) is 13.3. The number of carbonyl (C=O) groups is 2. The van der Waals surface area contributed by atoms with E-state index < -0.39 is 23.2 Å². The van der Waals surface area contributed by atoms with Crippen LogP contribution in [0.3, 0.4) is 0 Å². The van der Waals surface area contributed by atoms with Crippen LogP contribution in [0.1, 0.15) is 20.8 Å². The van der Waals surface area contributed by atoms with Gasteiger partial charge in [0.25, 0.3) is 17.4 Å². The molecule has 0 aliphatic rings. The predicted molar refractivity (Wildman–Crippen MR) is 92.7 cm³/mol. The van der Waals surface area contributed by atoms with E-state index in [2.05, 4.69) is 10.4 Å². The van der Waals surface area contributed by atoms with Crippen molar-refractivity contribution in [2.75, 3.05) is 5.32 Å². The predicted octanol–water partition coefficient (Wildman–Crippen LogP) is 1.72. The summed E-state index contributed by atoms with van der Waals surface area (Å²) in [7, 11) is 0. The van der Waals surface area contributed by atoms with Gasteiger partial charge < -0.3 is 11.1 Å².